The number of ketones is 1. The molecule has 1 nitrogen and oxygen atoms in total. The lowest BCUT2D eigenvalue weighted by Crippen LogP contribution is -2.08. The Bertz CT molecular complexity index is 1250. The van der Waals surface area contributed by atoms with Gasteiger partial charge in [-0.3, -0.25) is 4.79 Å². The minimum atomic E-state index is 0.128. The number of benzene rings is 3. The summed E-state index contributed by atoms with van der Waals surface area (Å²) in [5.74, 6) is 2.47. The quantitative estimate of drug-likeness (QED) is 0.218. The minimum absolute atomic E-state index is 0.128. The molecule has 218 valence electrons. The molecular weight excluding hydrogens is 496 g/mol. The summed E-state index contributed by atoms with van der Waals surface area (Å²) in [5, 5.41) is 0. The van der Waals surface area contributed by atoms with E-state index >= 15 is 0 Å². The molecule has 3 aromatic rings. The van der Waals surface area contributed by atoms with Crippen LogP contribution in [-0.4, -0.2) is 5.78 Å². The Labute approximate surface area is 250 Å². The summed E-state index contributed by atoms with van der Waals surface area (Å²) in [6, 6.07) is 28.1. The van der Waals surface area contributed by atoms with Crippen LogP contribution in [0, 0.1) is 24.7 Å². The summed E-state index contributed by atoms with van der Waals surface area (Å²) in [4.78, 5) is 11.8. The van der Waals surface area contributed by atoms with Crippen molar-refractivity contribution in [2.75, 3.05) is 0 Å². The fourth-order valence-electron chi connectivity index (χ4n) is 6.86. The lowest BCUT2D eigenvalue weighted by Gasteiger charge is -2.23. The largest absolute Gasteiger partial charge is 0.295 e. The zero-order chi connectivity index (χ0) is 29.0. The van der Waals surface area contributed by atoms with Crippen LogP contribution in [0.3, 0.4) is 0 Å². The maximum Gasteiger partial charge on any atom is 0.159 e. The van der Waals surface area contributed by atoms with Crippen LogP contribution in [0.25, 0.3) is 5.57 Å². The van der Waals surface area contributed by atoms with E-state index in [1.54, 1.807) is 6.92 Å². The van der Waals surface area contributed by atoms with Gasteiger partial charge in [0.15, 0.2) is 5.78 Å². The van der Waals surface area contributed by atoms with E-state index in [0.29, 0.717) is 5.92 Å². The number of allylic oxidation sites excluding steroid dienone is 2. The first-order valence-electron chi connectivity index (χ1n) is 16.3. The Morgan fingerprint density at radius 3 is 2.00 bits per heavy atom. The van der Waals surface area contributed by atoms with Gasteiger partial charge in [-0.25, -0.2) is 0 Å². The fourth-order valence-corrected chi connectivity index (χ4v) is 6.86. The van der Waals surface area contributed by atoms with Crippen molar-refractivity contribution in [1.29, 1.82) is 0 Å². The predicted molar refractivity (Wildman–Crippen MR) is 176 cm³/mol. The van der Waals surface area contributed by atoms with Gasteiger partial charge in [0.25, 0.3) is 0 Å². The number of rotatable bonds is 11. The van der Waals surface area contributed by atoms with Gasteiger partial charge in [0.2, 0.25) is 0 Å². The molecule has 0 heterocycles. The van der Waals surface area contributed by atoms with E-state index in [9.17, 15) is 4.79 Å². The molecule has 0 saturated heterocycles. The Balaban J connectivity index is 1.37. The van der Waals surface area contributed by atoms with Crippen molar-refractivity contribution in [2.45, 2.75) is 105 Å². The molecule has 3 unspecified atom stereocenters. The van der Waals surface area contributed by atoms with Crippen LogP contribution in [0.5, 0.6) is 0 Å². The van der Waals surface area contributed by atoms with Crippen molar-refractivity contribution in [3.8, 4) is 0 Å². The Morgan fingerprint density at radius 1 is 0.732 bits per heavy atom. The van der Waals surface area contributed by atoms with Crippen LogP contribution in [0.1, 0.15) is 118 Å². The van der Waals surface area contributed by atoms with Gasteiger partial charge in [-0.1, -0.05) is 136 Å². The molecule has 1 aliphatic carbocycles. The maximum absolute atomic E-state index is 11.8. The third-order valence-electron chi connectivity index (χ3n) is 9.82. The molecule has 0 aromatic heterocycles. The van der Waals surface area contributed by atoms with E-state index < -0.39 is 0 Å². The highest BCUT2D eigenvalue weighted by Gasteiger charge is 2.19. The number of carbonyl (C=O) groups is 1. The summed E-state index contributed by atoms with van der Waals surface area (Å²) in [7, 11) is 0. The van der Waals surface area contributed by atoms with Gasteiger partial charge in [-0.15, -0.1) is 0 Å². The van der Waals surface area contributed by atoms with Crippen LogP contribution >= 0.6 is 0 Å². The number of Topliss-reactive ketones (excluding diaryl/α,β-unsaturated/α-hetero) is 1. The average Bonchev–Trinajstić information content (AvgIpc) is 3.10. The smallest absolute Gasteiger partial charge is 0.159 e. The van der Waals surface area contributed by atoms with Gasteiger partial charge in [0, 0.05) is 5.56 Å². The molecule has 1 heteroatoms. The Kier molecular flexibility index (Phi) is 12.0. The molecule has 3 aromatic carbocycles. The summed E-state index contributed by atoms with van der Waals surface area (Å²) < 4.78 is 0. The average molecular weight is 549 g/mol. The van der Waals surface area contributed by atoms with Crippen molar-refractivity contribution in [3.05, 3.63) is 112 Å². The normalized spacial score (nSPS) is 19.4. The van der Waals surface area contributed by atoms with Crippen LogP contribution < -0.4 is 0 Å². The number of carbonyl (C=O) groups excluding carboxylic acids is 1. The summed E-state index contributed by atoms with van der Waals surface area (Å²) in [6.07, 6.45) is 16.0. The molecule has 0 N–H and O–H groups in total. The van der Waals surface area contributed by atoms with E-state index in [2.05, 4.69) is 87.5 Å². The second-order valence-electron chi connectivity index (χ2n) is 12.9. The second-order valence-corrected chi connectivity index (χ2v) is 12.9. The van der Waals surface area contributed by atoms with Gasteiger partial charge in [0.05, 0.1) is 0 Å². The molecule has 0 radical (unpaired) electrons. The van der Waals surface area contributed by atoms with Gasteiger partial charge < -0.3 is 0 Å². The van der Waals surface area contributed by atoms with Gasteiger partial charge in [0.1, 0.15) is 0 Å². The monoisotopic (exact) mass is 548 g/mol. The highest BCUT2D eigenvalue weighted by atomic mass is 16.1. The van der Waals surface area contributed by atoms with Crippen LogP contribution in [0.4, 0.5) is 0 Å². The van der Waals surface area contributed by atoms with Crippen molar-refractivity contribution >= 4 is 11.4 Å². The molecular formula is C40H52O. The van der Waals surface area contributed by atoms with Crippen LogP contribution in [-0.2, 0) is 12.8 Å². The minimum Gasteiger partial charge on any atom is -0.295 e. The van der Waals surface area contributed by atoms with Crippen molar-refractivity contribution < 1.29 is 4.79 Å². The number of hydrogen-bond donors (Lipinski definition) is 0. The molecule has 4 rings (SSSR count). The molecule has 1 aliphatic rings. The van der Waals surface area contributed by atoms with Gasteiger partial charge in [-0.05, 0) is 98.5 Å². The van der Waals surface area contributed by atoms with E-state index in [1.807, 2.05) is 12.1 Å². The van der Waals surface area contributed by atoms with Crippen LogP contribution in [0.15, 0.2) is 84.4 Å². The second kappa shape index (κ2) is 15.9. The first-order chi connectivity index (χ1) is 19.9. The lowest BCUT2D eigenvalue weighted by atomic mass is 9.82. The molecule has 41 heavy (non-hydrogen) atoms. The number of hydrogen-bond acceptors (Lipinski definition) is 1. The highest BCUT2D eigenvalue weighted by molar-refractivity contribution is 5.94. The van der Waals surface area contributed by atoms with E-state index in [1.165, 1.54) is 104 Å². The molecule has 0 spiro atoms. The third-order valence-corrected chi connectivity index (χ3v) is 9.82. The molecule has 0 aliphatic heterocycles. The zero-order valence-electron chi connectivity index (χ0n) is 26.1. The first-order valence-corrected chi connectivity index (χ1v) is 16.3. The van der Waals surface area contributed by atoms with Gasteiger partial charge >= 0.3 is 0 Å². The fraction of sp³-hybridized carbons (Fsp3) is 0.475. The van der Waals surface area contributed by atoms with Crippen molar-refractivity contribution in [3.63, 3.8) is 0 Å². The summed E-state index contributed by atoms with van der Waals surface area (Å²) in [6.45, 7) is 8.69. The van der Waals surface area contributed by atoms with Crippen molar-refractivity contribution in [1.82, 2.24) is 0 Å². The Hall–Kier alpha value is -2.93. The highest BCUT2D eigenvalue weighted by Crippen LogP contribution is 2.35. The molecule has 0 bridgehead atoms. The molecule has 1 saturated carbocycles. The molecule has 1 fully saturated rings. The Morgan fingerprint density at radius 2 is 1.34 bits per heavy atom. The third kappa shape index (κ3) is 9.56. The molecule has 3 atom stereocenters. The van der Waals surface area contributed by atoms with E-state index in [-0.39, 0.29) is 5.78 Å². The van der Waals surface area contributed by atoms with Crippen LogP contribution in [0.2, 0.25) is 0 Å². The summed E-state index contributed by atoms with van der Waals surface area (Å²) in [5.41, 5.74) is 9.27. The van der Waals surface area contributed by atoms with E-state index in [4.69, 9.17) is 0 Å². The topological polar surface area (TPSA) is 17.1 Å². The number of aryl methyl sites for hydroxylation is 2. The first kappa shape index (κ1) is 31.0. The maximum atomic E-state index is 11.8. The summed E-state index contributed by atoms with van der Waals surface area (Å²) >= 11 is 0. The SMILES string of the molecule is CC(=O)c1ccc(C/C(=C(\C)C(C)CCC2CCCCC(CCc3ccccc3)CCC2)c2ccccc2C)cc1. The lowest BCUT2D eigenvalue weighted by molar-refractivity contribution is 0.101. The predicted octanol–water partition coefficient (Wildman–Crippen LogP) is 11.2. The zero-order valence-corrected chi connectivity index (χ0v) is 26.1. The standard InChI is InChI=1S/C40H52O/c1-30(21-22-35-16-9-10-17-36(19-12-18-35)24-23-34-14-6-5-7-15-34)32(3)40(39-20-11-8-13-31(39)2)29-37-25-27-38(28-26-37)33(4)41/h5-8,11,13-15,20,25-28,30,35-36H,9-10,12,16-19,21-24,29H2,1-4H3/b40-32-. The van der Waals surface area contributed by atoms with Crippen molar-refractivity contribution in [2.24, 2.45) is 17.8 Å². The molecule has 0 amide bonds. The van der Waals surface area contributed by atoms with E-state index in [0.717, 1.165) is 23.8 Å². The van der Waals surface area contributed by atoms with Gasteiger partial charge in [-0.2, -0.15) is 0 Å².